The molecule has 0 amide bonds. The summed E-state index contributed by atoms with van der Waals surface area (Å²) in [6, 6.07) is 17.9. The summed E-state index contributed by atoms with van der Waals surface area (Å²) in [6.07, 6.45) is 2.95. The Balaban J connectivity index is 1.96. The van der Waals surface area contributed by atoms with Crippen molar-refractivity contribution < 1.29 is 9.47 Å². The number of nitrogens with zero attached hydrogens (tertiary/aromatic N) is 2. The van der Waals surface area contributed by atoms with Crippen molar-refractivity contribution in [3.05, 3.63) is 71.4 Å². The zero-order valence-electron chi connectivity index (χ0n) is 14.8. The van der Waals surface area contributed by atoms with E-state index in [2.05, 4.69) is 23.8 Å². The van der Waals surface area contributed by atoms with Gasteiger partial charge in [0.25, 0.3) is 0 Å². The van der Waals surface area contributed by atoms with Crippen molar-refractivity contribution in [1.82, 2.24) is 0 Å². The van der Waals surface area contributed by atoms with Gasteiger partial charge >= 0.3 is 0 Å². The van der Waals surface area contributed by atoms with Crippen LogP contribution >= 0.6 is 0 Å². The summed E-state index contributed by atoms with van der Waals surface area (Å²) in [7, 11) is 1.65. The number of aliphatic imine (C=N–C) groups is 2. The highest BCUT2D eigenvalue weighted by Crippen LogP contribution is 2.22. The molecule has 25 heavy (non-hydrogen) atoms. The van der Waals surface area contributed by atoms with Gasteiger partial charge in [-0.15, -0.1) is 0 Å². The van der Waals surface area contributed by atoms with E-state index in [-0.39, 0.29) is 6.04 Å². The van der Waals surface area contributed by atoms with Crippen LogP contribution in [0, 0.1) is 0 Å². The third kappa shape index (κ3) is 4.15. The van der Waals surface area contributed by atoms with Crippen LogP contribution in [0.1, 0.15) is 31.4 Å². The van der Waals surface area contributed by atoms with Gasteiger partial charge in [0.05, 0.1) is 13.2 Å². The fourth-order valence-electron chi connectivity index (χ4n) is 2.37. The van der Waals surface area contributed by atoms with Gasteiger partial charge in [-0.25, -0.2) is 9.98 Å². The molecule has 0 fully saturated rings. The highest BCUT2D eigenvalue weighted by atomic mass is 16.5. The SMILES string of the molecule is CCC(C)N=C1OC(c2ccc(OC)cc2)=N/C1=C/c1ccccc1. The second kappa shape index (κ2) is 7.79. The minimum absolute atomic E-state index is 0.180. The van der Waals surface area contributed by atoms with Crippen LogP contribution in [0.3, 0.4) is 0 Å². The molecule has 0 radical (unpaired) electrons. The van der Waals surface area contributed by atoms with Crippen LogP contribution < -0.4 is 4.74 Å². The van der Waals surface area contributed by atoms with Gasteiger partial charge in [-0.2, -0.15) is 0 Å². The molecular weight excluding hydrogens is 312 g/mol. The van der Waals surface area contributed by atoms with Crippen molar-refractivity contribution in [1.29, 1.82) is 0 Å². The lowest BCUT2D eigenvalue weighted by Gasteiger charge is -2.06. The van der Waals surface area contributed by atoms with Crippen LogP contribution in [0.5, 0.6) is 5.75 Å². The van der Waals surface area contributed by atoms with Gasteiger partial charge in [0.15, 0.2) is 0 Å². The summed E-state index contributed by atoms with van der Waals surface area (Å²) < 4.78 is 11.2. The average molecular weight is 334 g/mol. The maximum absolute atomic E-state index is 5.97. The van der Waals surface area contributed by atoms with E-state index < -0.39 is 0 Å². The van der Waals surface area contributed by atoms with Gasteiger partial charge in [0, 0.05) is 5.56 Å². The van der Waals surface area contributed by atoms with Crippen LogP contribution in [0.25, 0.3) is 6.08 Å². The lowest BCUT2D eigenvalue weighted by atomic mass is 10.2. The maximum Gasteiger partial charge on any atom is 0.243 e. The minimum atomic E-state index is 0.180. The molecule has 1 aliphatic rings. The van der Waals surface area contributed by atoms with E-state index in [1.54, 1.807) is 7.11 Å². The van der Waals surface area contributed by atoms with E-state index in [4.69, 9.17) is 9.47 Å². The van der Waals surface area contributed by atoms with Crippen molar-refractivity contribution in [2.24, 2.45) is 9.98 Å². The molecule has 2 aromatic rings. The molecule has 0 saturated heterocycles. The predicted octanol–water partition coefficient (Wildman–Crippen LogP) is 4.71. The molecule has 0 saturated carbocycles. The molecule has 0 N–H and O–H groups in total. The first kappa shape index (κ1) is 17.0. The predicted molar refractivity (Wildman–Crippen MR) is 102 cm³/mol. The van der Waals surface area contributed by atoms with E-state index >= 15 is 0 Å². The fourth-order valence-corrected chi connectivity index (χ4v) is 2.37. The molecule has 1 aliphatic heterocycles. The van der Waals surface area contributed by atoms with Gasteiger partial charge in [-0.1, -0.05) is 37.3 Å². The number of ether oxygens (including phenoxy) is 2. The number of rotatable bonds is 5. The molecule has 2 aromatic carbocycles. The molecule has 128 valence electrons. The van der Waals surface area contributed by atoms with Crippen molar-refractivity contribution in [3.63, 3.8) is 0 Å². The number of benzene rings is 2. The summed E-state index contributed by atoms with van der Waals surface area (Å²) in [4.78, 5) is 9.33. The Morgan fingerprint density at radius 3 is 2.48 bits per heavy atom. The number of hydrogen-bond acceptors (Lipinski definition) is 4. The molecule has 0 aromatic heterocycles. The van der Waals surface area contributed by atoms with Gasteiger partial charge in [0.2, 0.25) is 11.8 Å². The molecule has 1 atom stereocenters. The fraction of sp³-hybridized carbons (Fsp3) is 0.238. The van der Waals surface area contributed by atoms with Crippen LogP contribution in [0.2, 0.25) is 0 Å². The lowest BCUT2D eigenvalue weighted by Crippen LogP contribution is -2.09. The van der Waals surface area contributed by atoms with Gasteiger partial charge in [-0.05, 0) is 49.2 Å². The number of methoxy groups -OCH3 is 1. The molecule has 4 nitrogen and oxygen atoms in total. The zero-order chi connectivity index (χ0) is 17.6. The topological polar surface area (TPSA) is 43.2 Å². The number of hydrogen-bond donors (Lipinski definition) is 0. The Labute approximate surface area is 148 Å². The van der Waals surface area contributed by atoms with E-state index in [0.717, 1.165) is 29.0 Å². The van der Waals surface area contributed by atoms with E-state index in [9.17, 15) is 0 Å². The molecule has 0 bridgehead atoms. The Bertz CT molecular complexity index is 806. The average Bonchev–Trinajstić information content (AvgIpc) is 3.05. The van der Waals surface area contributed by atoms with Crippen molar-refractivity contribution in [3.8, 4) is 5.75 Å². The van der Waals surface area contributed by atoms with Crippen LogP contribution in [-0.2, 0) is 4.74 Å². The van der Waals surface area contributed by atoms with Crippen molar-refractivity contribution in [2.75, 3.05) is 7.11 Å². The molecule has 1 unspecified atom stereocenters. The summed E-state index contributed by atoms with van der Waals surface area (Å²) in [5, 5.41) is 0. The summed E-state index contributed by atoms with van der Waals surface area (Å²) in [5.74, 6) is 1.94. The first-order valence-corrected chi connectivity index (χ1v) is 8.45. The molecular formula is C21H22N2O2. The summed E-state index contributed by atoms with van der Waals surface area (Å²) in [5.41, 5.74) is 2.71. The van der Waals surface area contributed by atoms with Crippen molar-refractivity contribution >= 4 is 17.9 Å². The molecule has 1 heterocycles. The second-order valence-electron chi connectivity index (χ2n) is 5.88. The second-order valence-corrected chi connectivity index (χ2v) is 5.88. The Hall–Kier alpha value is -2.88. The third-order valence-electron chi connectivity index (χ3n) is 4.00. The first-order chi connectivity index (χ1) is 12.2. The standard InChI is InChI=1S/C21H22N2O2/c1-4-15(2)22-21-19(14-16-8-6-5-7-9-16)23-20(25-21)17-10-12-18(24-3)13-11-17/h5-15H,4H2,1-3H3/b19-14+,22-21?. The van der Waals surface area contributed by atoms with Crippen LogP contribution in [0.15, 0.2) is 70.3 Å². The third-order valence-corrected chi connectivity index (χ3v) is 4.00. The zero-order valence-corrected chi connectivity index (χ0v) is 14.8. The van der Waals surface area contributed by atoms with Crippen LogP contribution in [-0.4, -0.2) is 24.9 Å². The smallest absolute Gasteiger partial charge is 0.243 e. The molecule has 0 aliphatic carbocycles. The lowest BCUT2D eigenvalue weighted by molar-refractivity contribution is 0.414. The van der Waals surface area contributed by atoms with Crippen LogP contribution in [0.4, 0.5) is 0 Å². The van der Waals surface area contributed by atoms with E-state index in [1.165, 1.54) is 0 Å². The molecule has 3 rings (SSSR count). The van der Waals surface area contributed by atoms with Crippen molar-refractivity contribution in [2.45, 2.75) is 26.3 Å². The van der Waals surface area contributed by atoms with Gasteiger partial charge in [-0.3, -0.25) is 0 Å². The highest BCUT2D eigenvalue weighted by Gasteiger charge is 2.23. The normalized spacial score (nSPS) is 18.1. The first-order valence-electron chi connectivity index (χ1n) is 8.45. The molecule has 4 heteroatoms. The Morgan fingerprint density at radius 2 is 1.84 bits per heavy atom. The minimum Gasteiger partial charge on any atom is -0.497 e. The summed E-state index contributed by atoms with van der Waals surface area (Å²) in [6.45, 7) is 4.18. The Kier molecular flexibility index (Phi) is 5.29. The molecule has 0 spiro atoms. The quantitative estimate of drug-likeness (QED) is 0.795. The van der Waals surface area contributed by atoms with Gasteiger partial charge < -0.3 is 9.47 Å². The van der Waals surface area contributed by atoms with E-state index in [0.29, 0.717) is 11.8 Å². The maximum atomic E-state index is 5.97. The largest absolute Gasteiger partial charge is 0.497 e. The summed E-state index contributed by atoms with van der Waals surface area (Å²) >= 11 is 0. The highest BCUT2D eigenvalue weighted by molar-refractivity contribution is 6.15. The van der Waals surface area contributed by atoms with Gasteiger partial charge in [0.1, 0.15) is 11.4 Å². The van der Waals surface area contributed by atoms with E-state index in [1.807, 2.05) is 60.7 Å². The Morgan fingerprint density at radius 1 is 1.12 bits per heavy atom. The monoisotopic (exact) mass is 334 g/mol.